The molecule has 19 heavy (non-hydrogen) atoms. The number of aryl methyl sites for hydroxylation is 2. The van der Waals surface area contributed by atoms with E-state index in [0.29, 0.717) is 13.2 Å². The highest BCUT2D eigenvalue weighted by Gasteiger charge is 2.12. The number of rotatable bonds is 7. The van der Waals surface area contributed by atoms with E-state index in [1.54, 1.807) is 0 Å². The zero-order valence-electron chi connectivity index (χ0n) is 12.5. The Morgan fingerprint density at radius 1 is 1.26 bits per heavy atom. The Bertz CT molecular complexity index is 411. The fourth-order valence-electron chi connectivity index (χ4n) is 2.00. The van der Waals surface area contributed by atoms with Crippen molar-refractivity contribution in [2.75, 3.05) is 13.2 Å². The fourth-order valence-corrected chi connectivity index (χ4v) is 2.00. The first kappa shape index (κ1) is 15.5. The molecule has 0 aromatic heterocycles. The van der Waals surface area contributed by atoms with Crippen LogP contribution in [0.1, 0.15) is 37.8 Å². The van der Waals surface area contributed by atoms with Gasteiger partial charge in [-0.05, 0) is 43.9 Å². The van der Waals surface area contributed by atoms with Crippen molar-refractivity contribution >= 4 is 5.91 Å². The number of nitrogens with one attached hydrogen (secondary N) is 1. The summed E-state index contributed by atoms with van der Waals surface area (Å²) >= 11 is 0. The highest BCUT2D eigenvalue weighted by atomic mass is 16.5. The molecule has 1 N–H and O–H groups in total. The summed E-state index contributed by atoms with van der Waals surface area (Å²) in [5, 5.41) is 2.92. The first-order valence-electron chi connectivity index (χ1n) is 7.06. The van der Waals surface area contributed by atoms with Gasteiger partial charge < -0.3 is 10.1 Å². The summed E-state index contributed by atoms with van der Waals surface area (Å²) in [5.74, 6) is 1.16. The van der Waals surface area contributed by atoms with E-state index in [9.17, 15) is 4.79 Å². The Morgan fingerprint density at radius 2 is 1.95 bits per heavy atom. The van der Waals surface area contributed by atoms with E-state index in [4.69, 9.17) is 4.74 Å². The molecule has 0 bridgehead atoms. The van der Waals surface area contributed by atoms with Crippen LogP contribution in [0.15, 0.2) is 18.2 Å². The van der Waals surface area contributed by atoms with E-state index in [1.165, 1.54) is 5.56 Å². The first-order chi connectivity index (χ1) is 9.08. The van der Waals surface area contributed by atoms with Crippen LogP contribution < -0.4 is 10.1 Å². The van der Waals surface area contributed by atoms with Gasteiger partial charge in [0.1, 0.15) is 12.4 Å². The van der Waals surface area contributed by atoms with Crippen LogP contribution in [0.25, 0.3) is 0 Å². The molecule has 0 radical (unpaired) electrons. The Kier molecular flexibility index (Phi) is 6.40. The van der Waals surface area contributed by atoms with E-state index in [2.05, 4.69) is 11.4 Å². The molecule has 0 saturated heterocycles. The number of amides is 1. The number of ether oxygens (including phenoxy) is 1. The average Bonchev–Trinajstić information content (AvgIpc) is 2.40. The van der Waals surface area contributed by atoms with Crippen molar-refractivity contribution in [1.29, 1.82) is 0 Å². The van der Waals surface area contributed by atoms with E-state index >= 15 is 0 Å². The largest absolute Gasteiger partial charge is 0.491 e. The summed E-state index contributed by atoms with van der Waals surface area (Å²) < 4.78 is 5.70. The Balaban J connectivity index is 2.35. The van der Waals surface area contributed by atoms with Gasteiger partial charge in [0, 0.05) is 5.92 Å². The second-order valence-electron chi connectivity index (χ2n) is 4.92. The molecule has 0 unspecified atom stereocenters. The van der Waals surface area contributed by atoms with E-state index in [-0.39, 0.29) is 11.8 Å². The van der Waals surface area contributed by atoms with Crippen molar-refractivity contribution < 1.29 is 9.53 Å². The minimum Gasteiger partial charge on any atom is -0.491 e. The zero-order valence-corrected chi connectivity index (χ0v) is 12.5. The fraction of sp³-hybridized carbons (Fsp3) is 0.562. The van der Waals surface area contributed by atoms with Crippen LogP contribution in [0, 0.1) is 19.8 Å². The molecule has 106 valence electrons. The lowest BCUT2D eigenvalue weighted by Gasteiger charge is -2.14. The lowest BCUT2D eigenvalue weighted by molar-refractivity contribution is -0.125. The van der Waals surface area contributed by atoms with Crippen LogP contribution in [0.5, 0.6) is 5.75 Å². The van der Waals surface area contributed by atoms with E-state index in [0.717, 1.165) is 24.2 Å². The molecule has 3 heteroatoms. The summed E-state index contributed by atoms with van der Waals surface area (Å²) in [6, 6.07) is 6.14. The van der Waals surface area contributed by atoms with E-state index in [1.807, 2.05) is 39.8 Å². The van der Waals surface area contributed by atoms with Gasteiger partial charge in [-0.25, -0.2) is 0 Å². The predicted octanol–water partition coefficient (Wildman–Crippen LogP) is 3.23. The molecule has 0 spiro atoms. The Morgan fingerprint density at radius 3 is 2.58 bits per heavy atom. The molecular formula is C16H25NO2. The molecule has 1 rings (SSSR count). The van der Waals surface area contributed by atoms with Gasteiger partial charge in [0.2, 0.25) is 5.91 Å². The molecule has 0 saturated carbocycles. The van der Waals surface area contributed by atoms with Gasteiger partial charge in [0.15, 0.2) is 0 Å². The number of carbonyl (C=O) groups excluding carboxylic acids is 1. The van der Waals surface area contributed by atoms with Crippen LogP contribution in [0.3, 0.4) is 0 Å². The topological polar surface area (TPSA) is 38.3 Å². The number of hydrogen-bond acceptors (Lipinski definition) is 2. The normalized spacial score (nSPS) is 10.6. The van der Waals surface area contributed by atoms with Crippen molar-refractivity contribution in [2.24, 2.45) is 5.92 Å². The quantitative estimate of drug-likeness (QED) is 0.767. The average molecular weight is 263 g/mol. The minimum absolute atomic E-state index is 0.126. The molecule has 0 fully saturated rings. The van der Waals surface area contributed by atoms with Gasteiger partial charge in [-0.15, -0.1) is 0 Å². The predicted molar refractivity (Wildman–Crippen MR) is 78.5 cm³/mol. The van der Waals surface area contributed by atoms with Crippen LogP contribution >= 0.6 is 0 Å². The third kappa shape index (κ3) is 4.93. The van der Waals surface area contributed by atoms with Crippen molar-refractivity contribution in [3.8, 4) is 5.75 Å². The van der Waals surface area contributed by atoms with Crippen LogP contribution in [0.2, 0.25) is 0 Å². The third-order valence-corrected chi connectivity index (χ3v) is 3.36. The lowest BCUT2D eigenvalue weighted by atomic mass is 10.0. The van der Waals surface area contributed by atoms with Gasteiger partial charge in [-0.2, -0.15) is 0 Å². The third-order valence-electron chi connectivity index (χ3n) is 3.36. The second-order valence-corrected chi connectivity index (χ2v) is 4.92. The smallest absolute Gasteiger partial charge is 0.223 e. The molecular weight excluding hydrogens is 238 g/mol. The highest BCUT2D eigenvalue weighted by molar-refractivity contribution is 5.78. The number of hydrogen-bond donors (Lipinski definition) is 1. The SMILES string of the molecule is CCC(CC)C(=O)NCCOc1cc(C)ccc1C. The summed E-state index contributed by atoms with van der Waals surface area (Å²) in [6.45, 7) is 9.22. The van der Waals surface area contributed by atoms with Crippen molar-refractivity contribution in [3.05, 3.63) is 29.3 Å². The molecule has 1 aromatic carbocycles. The molecule has 1 amide bonds. The summed E-state index contributed by atoms with van der Waals surface area (Å²) in [4.78, 5) is 11.8. The molecule has 1 aromatic rings. The lowest BCUT2D eigenvalue weighted by Crippen LogP contribution is -2.33. The van der Waals surface area contributed by atoms with Crippen molar-refractivity contribution in [3.63, 3.8) is 0 Å². The Hall–Kier alpha value is -1.51. The summed E-state index contributed by atoms with van der Waals surface area (Å²) in [5.41, 5.74) is 2.30. The maximum atomic E-state index is 11.8. The van der Waals surface area contributed by atoms with Gasteiger partial charge in [0.25, 0.3) is 0 Å². The van der Waals surface area contributed by atoms with Crippen LogP contribution in [0.4, 0.5) is 0 Å². The molecule has 0 aliphatic heterocycles. The van der Waals surface area contributed by atoms with Crippen molar-refractivity contribution in [1.82, 2.24) is 5.32 Å². The molecule has 0 heterocycles. The molecule has 0 atom stereocenters. The number of benzene rings is 1. The molecule has 0 aliphatic rings. The number of carbonyl (C=O) groups is 1. The van der Waals surface area contributed by atoms with Gasteiger partial charge in [-0.3, -0.25) is 4.79 Å². The maximum absolute atomic E-state index is 11.8. The van der Waals surface area contributed by atoms with Gasteiger partial charge in [0.05, 0.1) is 6.54 Å². The highest BCUT2D eigenvalue weighted by Crippen LogP contribution is 2.18. The molecule has 3 nitrogen and oxygen atoms in total. The zero-order chi connectivity index (χ0) is 14.3. The van der Waals surface area contributed by atoms with Gasteiger partial charge >= 0.3 is 0 Å². The second kappa shape index (κ2) is 7.82. The molecule has 0 aliphatic carbocycles. The van der Waals surface area contributed by atoms with Gasteiger partial charge in [-0.1, -0.05) is 26.0 Å². The standard InChI is InChI=1S/C16H25NO2/c1-5-14(6-2)16(18)17-9-10-19-15-11-12(3)7-8-13(15)4/h7-8,11,14H,5-6,9-10H2,1-4H3,(H,17,18). The van der Waals surface area contributed by atoms with Crippen molar-refractivity contribution in [2.45, 2.75) is 40.5 Å². The maximum Gasteiger partial charge on any atom is 0.223 e. The van der Waals surface area contributed by atoms with Crippen LogP contribution in [-0.4, -0.2) is 19.1 Å². The Labute approximate surface area is 116 Å². The van der Waals surface area contributed by atoms with Crippen LogP contribution in [-0.2, 0) is 4.79 Å². The minimum atomic E-state index is 0.126. The summed E-state index contributed by atoms with van der Waals surface area (Å²) in [6.07, 6.45) is 1.78. The summed E-state index contributed by atoms with van der Waals surface area (Å²) in [7, 11) is 0. The monoisotopic (exact) mass is 263 g/mol. The van der Waals surface area contributed by atoms with E-state index < -0.39 is 0 Å². The first-order valence-corrected chi connectivity index (χ1v) is 7.06.